The Morgan fingerprint density at radius 1 is 1.36 bits per heavy atom. The van der Waals surface area contributed by atoms with Crippen LogP contribution >= 0.6 is 0 Å². The summed E-state index contributed by atoms with van der Waals surface area (Å²) >= 11 is 0. The summed E-state index contributed by atoms with van der Waals surface area (Å²) in [7, 11) is 0. The fourth-order valence-electron chi connectivity index (χ4n) is 2.84. The number of hydrogen-bond acceptors (Lipinski definition) is 1. The van der Waals surface area contributed by atoms with Crippen molar-refractivity contribution in [3.63, 3.8) is 0 Å². The lowest BCUT2D eigenvalue weighted by molar-refractivity contribution is -0.0621. The monoisotopic (exact) mass is 315 g/mol. The Morgan fingerprint density at radius 3 is 2.73 bits per heavy atom. The zero-order valence-corrected chi connectivity index (χ0v) is 12.7. The molecule has 0 spiro atoms. The fraction of sp³-hybridized carbons (Fsp3) is 0.529. The molecule has 0 saturated carbocycles. The quantitative estimate of drug-likeness (QED) is 0.707. The van der Waals surface area contributed by atoms with Crippen LogP contribution in [0.15, 0.2) is 30.5 Å². The third-order valence-corrected chi connectivity index (χ3v) is 4.28. The number of halogens is 4. The van der Waals surface area contributed by atoms with E-state index in [0.717, 1.165) is 18.7 Å². The molecule has 0 aliphatic carbocycles. The van der Waals surface area contributed by atoms with Gasteiger partial charge in [-0.3, -0.25) is 0 Å². The van der Waals surface area contributed by atoms with Gasteiger partial charge in [-0.1, -0.05) is 12.6 Å². The Hall–Kier alpha value is -1.52. The molecular weight excluding hydrogens is 294 g/mol. The summed E-state index contributed by atoms with van der Waals surface area (Å²) in [5.41, 5.74) is 1.15. The molecule has 1 aliphatic heterocycles. The third kappa shape index (κ3) is 4.24. The second-order valence-corrected chi connectivity index (χ2v) is 6.04. The highest BCUT2D eigenvalue weighted by molar-refractivity contribution is 5.19. The second-order valence-electron chi connectivity index (χ2n) is 6.04. The molecule has 1 aromatic carbocycles. The van der Waals surface area contributed by atoms with Gasteiger partial charge in [0.2, 0.25) is 5.92 Å². The van der Waals surface area contributed by atoms with Gasteiger partial charge in [0.15, 0.2) is 0 Å². The number of aryl methyl sites for hydroxylation is 1. The normalized spacial score (nSPS) is 19.3. The highest BCUT2D eigenvalue weighted by Gasteiger charge is 2.37. The van der Waals surface area contributed by atoms with E-state index in [1.54, 1.807) is 0 Å². The molecule has 0 radical (unpaired) electrons. The molecule has 122 valence electrons. The standard InChI is InChI=1S/C17H21F4N/c1-12(5-6-13-7-8-15(18)10-16(13)19)22-9-3-4-14(11-22)17(2,20)21/h7-8,10,14H,1,3-6,9,11H2,2H3. The molecular formula is C17H21F4N. The summed E-state index contributed by atoms with van der Waals surface area (Å²) in [5.74, 6) is -4.55. The molecule has 2 rings (SSSR count). The van der Waals surface area contributed by atoms with Crippen LogP contribution in [0.5, 0.6) is 0 Å². The van der Waals surface area contributed by atoms with E-state index in [0.29, 0.717) is 37.8 Å². The van der Waals surface area contributed by atoms with E-state index in [1.165, 1.54) is 12.1 Å². The molecule has 5 heteroatoms. The minimum atomic E-state index is -2.69. The predicted molar refractivity (Wildman–Crippen MR) is 78.7 cm³/mol. The number of hydrogen-bond donors (Lipinski definition) is 0. The summed E-state index contributed by atoms with van der Waals surface area (Å²) < 4.78 is 53.3. The molecule has 1 nitrogen and oxygen atoms in total. The maximum Gasteiger partial charge on any atom is 0.249 e. The fourth-order valence-corrected chi connectivity index (χ4v) is 2.84. The van der Waals surface area contributed by atoms with E-state index in [4.69, 9.17) is 0 Å². The molecule has 0 aromatic heterocycles. The first-order valence-electron chi connectivity index (χ1n) is 7.52. The van der Waals surface area contributed by atoms with Gasteiger partial charge in [-0.05, 0) is 44.2 Å². The van der Waals surface area contributed by atoms with Gasteiger partial charge in [-0.15, -0.1) is 0 Å². The van der Waals surface area contributed by atoms with Gasteiger partial charge in [-0.25, -0.2) is 17.6 Å². The van der Waals surface area contributed by atoms with Crippen LogP contribution < -0.4 is 0 Å². The molecule has 1 aliphatic rings. The lowest BCUT2D eigenvalue weighted by Crippen LogP contribution is -2.41. The smallest absolute Gasteiger partial charge is 0.249 e. The average Bonchev–Trinajstić information content (AvgIpc) is 2.45. The van der Waals surface area contributed by atoms with Crippen LogP contribution in [0.3, 0.4) is 0 Å². The van der Waals surface area contributed by atoms with Crippen molar-refractivity contribution >= 4 is 0 Å². The van der Waals surface area contributed by atoms with Crippen molar-refractivity contribution < 1.29 is 17.6 Å². The van der Waals surface area contributed by atoms with Gasteiger partial charge < -0.3 is 4.90 Å². The molecule has 1 heterocycles. The Kier molecular flexibility index (Phi) is 5.14. The van der Waals surface area contributed by atoms with Crippen molar-refractivity contribution in [2.75, 3.05) is 13.1 Å². The Balaban J connectivity index is 1.92. The summed E-state index contributed by atoms with van der Waals surface area (Å²) in [6.45, 7) is 5.89. The van der Waals surface area contributed by atoms with Crippen LogP contribution in [0.25, 0.3) is 0 Å². The van der Waals surface area contributed by atoms with E-state index >= 15 is 0 Å². The number of piperidine rings is 1. The summed E-state index contributed by atoms with van der Waals surface area (Å²) in [5, 5.41) is 0. The van der Waals surface area contributed by atoms with Crippen molar-refractivity contribution in [3.8, 4) is 0 Å². The van der Waals surface area contributed by atoms with Crippen molar-refractivity contribution in [1.82, 2.24) is 4.90 Å². The van der Waals surface area contributed by atoms with E-state index in [-0.39, 0.29) is 6.54 Å². The third-order valence-electron chi connectivity index (χ3n) is 4.28. The Labute approximate surface area is 128 Å². The number of allylic oxidation sites excluding steroid dienone is 1. The Morgan fingerprint density at radius 2 is 2.09 bits per heavy atom. The van der Waals surface area contributed by atoms with Crippen molar-refractivity contribution in [2.45, 2.75) is 38.5 Å². The molecule has 1 saturated heterocycles. The first-order chi connectivity index (χ1) is 10.3. The maximum absolute atomic E-state index is 13.6. The van der Waals surface area contributed by atoms with Gasteiger partial charge in [0, 0.05) is 30.8 Å². The van der Waals surface area contributed by atoms with E-state index in [1.807, 2.05) is 4.90 Å². The summed E-state index contributed by atoms with van der Waals surface area (Å²) in [6.07, 6.45) is 2.08. The molecule has 1 atom stereocenters. The minimum absolute atomic E-state index is 0.286. The largest absolute Gasteiger partial charge is 0.375 e. The first-order valence-corrected chi connectivity index (χ1v) is 7.52. The number of benzene rings is 1. The predicted octanol–water partition coefficient (Wildman–Crippen LogP) is 4.78. The van der Waals surface area contributed by atoms with Crippen LogP contribution in [0, 0.1) is 17.6 Å². The molecule has 1 aromatic rings. The highest BCUT2D eigenvalue weighted by atomic mass is 19.3. The number of rotatable bonds is 5. The molecule has 22 heavy (non-hydrogen) atoms. The molecule has 0 bridgehead atoms. The van der Waals surface area contributed by atoms with Crippen LogP contribution in [0.4, 0.5) is 17.6 Å². The zero-order chi connectivity index (χ0) is 16.3. The van der Waals surface area contributed by atoms with Crippen LogP contribution in [-0.4, -0.2) is 23.9 Å². The van der Waals surface area contributed by atoms with Crippen LogP contribution in [-0.2, 0) is 6.42 Å². The Bertz CT molecular complexity index is 536. The molecule has 0 N–H and O–H groups in total. The first kappa shape index (κ1) is 16.8. The second kappa shape index (κ2) is 6.71. The van der Waals surface area contributed by atoms with Crippen molar-refractivity contribution in [2.24, 2.45) is 5.92 Å². The SMILES string of the molecule is C=C(CCc1ccc(F)cc1F)N1CCCC(C(C)(F)F)C1. The van der Waals surface area contributed by atoms with Crippen LogP contribution in [0.1, 0.15) is 31.7 Å². The number of alkyl halides is 2. The molecule has 0 amide bonds. The maximum atomic E-state index is 13.6. The molecule has 1 fully saturated rings. The minimum Gasteiger partial charge on any atom is -0.375 e. The van der Waals surface area contributed by atoms with Gasteiger partial charge in [0.1, 0.15) is 11.6 Å². The number of likely N-dealkylation sites (tertiary alicyclic amines) is 1. The van der Waals surface area contributed by atoms with E-state index in [9.17, 15) is 17.6 Å². The average molecular weight is 315 g/mol. The lowest BCUT2D eigenvalue weighted by atomic mass is 9.92. The van der Waals surface area contributed by atoms with Gasteiger partial charge in [0.05, 0.1) is 0 Å². The summed E-state index contributed by atoms with van der Waals surface area (Å²) in [4.78, 5) is 1.87. The van der Waals surface area contributed by atoms with Crippen LogP contribution in [0.2, 0.25) is 0 Å². The van der Waals surface area contributed by atoms with E-state index in [2.05, 4.69) is 6.58 Å². The van der Waals surface area contributed by atoms with Gasteiger partial charge >= 0.3 is 0 Å². The molecule has 1 unspecified atom stereocenters. The zero-order valence-electron chi connectivity index (χ0n) is 12.7. The van der Waals surface area contributed by atoms with Crippen molar-refractivity contribution in [3.05, 3.63) is 47.7 Å². The summed E-state index contributed by atoms with van der Waals surface area (Å²) in [6, 6.07) is 3.49. The number of nitrogens with zero attached hydrogens (tertiary/aromatic N) is 1. The van der Waals surface area contributed by atoms with E-state index < -0.39 is 23.5 Å². The van der Waals surface area contributed by atoms with Gasteiger partial charge in [0.25, 0.3) is 0 Å². The topological polar surface area (TPSA) is 3.24 Å². The lowest BCUT2D eigenvalue weighted by Gasteiger charge is -2.38. The van der Waals surface area contributed by atoms with Crippen molar-refractivity contribution in [1.29, 1.82) is 0 Å². The highest BCUT2D eigenvalue weighted by Crippen LogP contribution is 2.33. The van der Waals surface area contributed by atoms with Gasteiger partial charge in [-0.2, -0.15) is 0 Å².